The molecule has 0 aliphatic carbocycles. The molecule has 1 N–H and O–H groups in total. The van der Waals surface area contributed by atoms with Crippen molar-refractivity contribution in [1.82, 2.24) is 15.2 Å². The lowest BCUT2D eigenvalue weighted by Crippen LogP contribution is -2.11. The number of fused-ring (bicyclic) bond motifs is 1. The topological polar surface area (TPSA) is 80.9 Å². The number of carbonyl (C=O) groups excluding carboxylic acids is 1. The van der Waals surface area contributed by atoms with Crippen molar-refractivity contribution in [3.8, 4) is 11.5 Å². The van der Waals surface area contributed by atoms with Gasteiger partial charge in [-0.15, -0.1) is 28.2 Å². The van der Waals surface area contributed by atoms with E-state index in [2.05, 4.69) is 34.3 Å². The van der Waals surface area contributed by atoms with Gasteiger partial charge in [-0.25, -0.2) is 4.98 Å². The lowest BCUT2D eigenvalue weighted by molar-refractivity contribution is 0.102. The van der Waals surface area contributed by atoms with Crippen LogP contribution in [0.2, 0.25) is 0 Å². The summed E-state index contributed by atoms with van der Waals surface area (Å²) in [5, 5.41) is 11.1. The molecule has 0 aliphatic heterocycles. The van der Waals surface area contributed by atoms with Gasteiger partial charge in [0.25, 0.3) is 5.91 Å². The van der Waals surface area contributed by atoms with Crippen LogP contribution in [0.5, 0.6) is 0 Å². The number of rotatable bonds is 5. The van der Waals surface area contributed by atoms with Crippen LogP contribution in [-0.2, 0) is 0 Å². The minimum absolute atomic E-state index is 0.0707. The van der Waals surface area contributed by atoms with E-state index in [9.17, 15) is 4.79 Å². The van der Waals surface area contributed by atoms with Gasteiger partial charge < -0.3 is 4.42 Å². The third-order valence-corrected chi connectivity index (χ3v) is 5.48. The van der Waals surface area contributed by atoms with Crippen LogP contribution in [-0.4, -0.2) is 26.3 Å². The third kappa shape index (κ3) is 4.01. The lowest BCUT2D eigenvalue weighted by atomic mass is 10.2. The van der Waals surface area contributed by atoms with Gasteiger partial charge >= 0.3 is 6.01 Å². The van der Waals surface area contributed by atoms with Crippen LogP contribution < -0.4 is 5.32 Å². The number of thioether (sulfide) groups is 1. The molecule has 0 saturated heterocycles. The van der Waals surface area contributed by atoms with Gasteiger partial charge in [0.05, 0.1) is 15.7 Å². The molecule has 0 aliphatic rings. The zero-order chi connectivity index (χ0) is 18.8. The van der Waals surface area contributed by atoms with Crippen LogP contribution in [0.3, 0.4) is 0 Å². The summed E-state index contributed by atoms with van der Waals surface area (Å²) in [4.78, 5) is 17.8. The van der Waals surface area contributed by atoms with Crippen LogP contribution in [0.4, 0.5) is 6.01 Å². The number of aromatic nitrogens is 3. The Hall–Kier alpha value is -2.71. The van der Waals surface area contributed by atoms with Crippen molar-refractivity contribution in [3.05, 3.63) is 53.5 Å². The van der Waals surface area contributed by atoms with Crippen molar-refractivity contribution >= 4 is 45.2 Å². The van der Waals surface area contributed by atoms with Gasteiger partial charge in [-0.3, -0.25) is 10.1 Å². The molecule has 2 aromatic heterocycles. The summed E-state index contributed by atoms with van der Waals surface area (Å²) in [5.41, 5.74) is 3.96. The third-order valence-electron chi connectivity index (χ3n) is 3.69. The summed E-state index contributed by atoms with van der Waals surface area (Å²) >= 11 is 3.25. The number of nitrogens with zero attached hydrogens (tertiary/aromatic N) is 3. The molecule has 27 heavy (non-hydrogen) atoms. The van der Waals surface area contributed by atoms with E-state index in [1.54, 1.807) is 29.4 Å². The average Bonchev–Trinajstić information content (AvgIpc) is 3.29. The second-order valence-electron chi connectivity index (χ2n) is 6.10. The summed E-state index contributed by atoms with van der Waals surface area (Å²) in [6.07, 6.45) is 0. The molecular formula is C19H16N4O2S2. The van der Waals surface area contributed by atoms with Crippen LogP contribution >= 0.6 is 23.1 Å². The molecule has 2 aromatic carbocycles. The Labute approximate surface area is 164 Å². The van der Waals surface area contributed by atoms with Gasteiger partial charge in [-0.2, -0.15) is 0 Å². The first kappa shape index (κ1) is 17.7. The maximum atomic E-state index is 12.4. The average molecular weight is 396 g/mol. The van der Waals surface area contributed by atoms with E-state index in [0.717, 1.165) is 20.7 Å². The highest BCUT2D eigenvalue weighted by atomic mass is 32.2. The Morgan fingerprint density at radius 2 is 2.07 bits per heavy atom. The number of amides is 1. The van der Waals surface area contributed by atoms with Gasteiger partial charge in [0, 0.05) is 21.3 Å². The summed E-state index contributed by atoms with van der Waals surface area (Å²) in [6, 6.07) is 13.3. The highest BCUT2D eigenvalue weighted by molar-refractivity contribution is 7.99. The highest BCUT2D eigenvalue weighted by Crippen LogP contribution is 2.28. The quantitative estimate of drug-likeness (QED) is 0.473. The van der Waals surface area contributed by atoms with Gasteiger partial charge in [0.2, 0.25) is 5.89 Å². The molecule has 0 atom stereocenters. The highest BCUT2D eigenvalue weighted by Gasteiger charge is 2.14. The fourth-order valence-corrected chi connectivity index (χ4v) is 4.14. The fraction of sp³-hybridized carbons (Fsp3) is 0.158. The summed E-state index contributed by atoms with van der Waals surface area (Å²) in [7, 11) is 0. The maximum absolute atomic E-state index is 12.4. The van der Waals surface area contributed by atoms with Gasteiger partial charge in [-0.1, -0.05) is 25.0 Å². The molecule has 4 aromatic rings. The van der Waals surface area contributed by atoms with E-state index in [1.807, 2.05) is 30.3 Å². The van der Waals surface area contributed by atoms with Gasteiger partial charge in [0.15, 0.2) is 0 Å². The molecule has 136 valence electrons. The molecule has 4 rings (SSSR count). The number of thiazole rings is 1. The standard InChI is InChI=1S/C19H16N4O2S2/c1-11(2)27-14-5-3-4-13(8-14)18-22-23-19(25-18)21-17(24)12-6-7-15-16(9-12)26-10-20-15/h3-11H,1-2H3,(H,21,23,24). The molecule has 6 nitrogen and oxygen atoms in total. The van der Waals surface area contributed by atoms with Crippen molar-refractivity contribution < 1.29 is 9.21 Å². The van der Waals surface area contributed by atoms with E-state index >= 15 is 0 Å². The molecule has 1 amide bonds. The Bertz CT molecular complexity index is 1100. The van der Waals surface area contributed by atoms with Crippen molar-refractivity contribution in [2.75, 3.05) is 5.32 Å². The molecular weight excluding hydrogens is 380 g/mol. The molecule has 8 heteroatoms. The van der Waals surface area contributed by atoms with Crippen molar-refractivity contribution in [2.45, 2.75) is 24.0 Å². The van der Waals surface area contributed by atoms with E-state index in [0.29, 0.717) is 16.7 Å². The lowest BCUT2D eigenvalue weighted by Gasteiger charge is -2.05. The molecule has 0 unspecified atom stereocenters. The predicted molar refractivity (Wildman–Crippen MR) is 108 cm³/mol. The first-order valence-corrected chi connectivity index (χ1v) is 10.1. The van der Waals surface area contributed by atoms with Crippen molar-refractivity contribution in [2.24, 2.45) is 0 Å². The first-order chi connectivity index (χ1) is 13.1. The van der Waals surface area contributed by atoms with E-state index in [4.69, 9.17) is 4.42 Å². The number of carbonyl (C=O) groups is 1. The van der Waals surface area contributed by atoms with Crippen LogP contribution in [0.1, 0.15) is 24.2 Å². The number of hydrogen-bond donors (Lipinski definition) is 1. The Balaban J connectivity index is 1.51. The summed E-state index contributed by atoms with van der Waals surface area (Å²) in [6.45, 7) is 4.28. The first-order valence-electron chi connectivity index (χ1n) is 8.34. The van der Waals surface area contributed by atoms with E-state index < -0.39 is 0 Å². The minimum Gasteiger partial charge on any atom is -0.403 e. The number of hydrogen-bond acceptors (Lipinski definition) is 7. The SMILES string of the molecule is CC(C)Sc1cccc(-c2nnc(NC(=O)c3ccc4ncsc4c3)o2)c1. The van der Waals surface area contributed by atoms with Gasteiger partial charge in [-0.05, 0) is 36.4 Å². The largest absolute Gasteiger partial charge is 0.403 e. The molecule has 0 spiro atoms. The smallest absolute Gasteiger partial charge is 0.322 e. The minimum atomic E-state index is -0.301. The molecule has 2 heterocycles. The second kappa shape index (κ2) is 7.50. The zero-order valence-corrected chi connectivity index (χ0v) is 16.3. The normalized spacial score (nSPS) is 11.2. The van der Waals surface area contributed by atoms with Crippen LogP contribution in [0.15, 0.2) is 57.3 Å². The fourth-order valence-electron chi connectivity index (χ4n) is 2.53. The predicted octanol–water partition coefficient (Wildman–Crippen LogP) is 5.10. The van der Waals surface area contributed by atoms with Crippen molar-refractivity contribution in [3.63, 3.8) is 0 Å². The number of nitrogens with one attached hydrogen (secondary N) is 1. The van der Waals surface area contributed by atoms with Crippen molar-refractivity contribution in [1.29, 1.82) is 0 Å². The van der Waals surface area contributed by atoms with Crippen LogP contribution in [0.25, 0.3) is 21.7 Å². The Kier molecular flexibility index (Phi) is 4.91. The van der Waals surface area contributed by atoms with E-state index in [-0.39, 0.29) is 11.9 Å². The Morgan fingerprint density at radius 1 is 1.19 bits per heavy atom. The summed E-state index contributed by atoms with van der Waals surface area (Å²) < 4.78 is 6.57. The van der Waals surface area contributed by atoms with Crippen LogP contribution in [0, 0.1) is 0 Å². The summed E-state index contributed by atoms with van der Waals surface area (Å²) in [5.74, 6) is 0.0685. The molecule has 0 radical (unpaired) electrons. The Morgan fingerprint density at radius 3 is 2.93 bits per heavy atom. The number of anilines is 1. The zero-order valence-electron chi connectivity index (χ0n) is 14.7. The maximum Gasteiger partial charge on any atom is 0.322 e. The van der Waals surface area contributed by atoms with E-state index in [1.165, 1.54) is 11.3 Å². The van der Waals surface area contributed by atoms with Gasteiger partial charge in [0.1, 0.15) is 0 Å². The molecule has 0 saturated carbocycles. The second-order valence-corrected chi connectivity index (χ2v) is 8.63. The molecule has 0 bridgehead atoms. The molecule has 0 fully saturated rings. The number of benzene rings is 2. The monoisotopic (exact) mass is 396 g/mol.